The Bertz CT molecular complexity index is 953. The predicted molar refractivity (Wildman–Crippen MR) is 111 cm³/mol. The minimum Gasteiger partial charge on any atom is -0.548 e. The fourth-order valence-corrected chi connectivity index (χ4v) is 2.74. The molecule has 0 saturated heterocycles. The molecule has 0 unspecified atom stereocenters. The summed E-state index contributed by atoms with van der Waals surface area (Å²) in [5, 5.41) is 16.3. The Morgan fingerprint density at radius 2 is 1.68 bits per heavy atom. The van der Waals surface area contributed by atoms with Gasteiger partial charge in [0.1, 0.15) is 17.3 Å². The summed E-state index contributed by atoms with van der Waals surface area (Å²) in [6.07, 6.45) is 1.49. The Morgan fingerprint density at radius 1 is 1.06 bits per heavy atom. The maximum absolute atomic E-state index is 13.2. The zero-order valence-corrected chi connectivity index (χ0v) is 17.5. The van der Waals surface area contributed by atoms with E-state index in [1.807, 2.05) is 13.8 Å². The van der Waals surface area contributed by atoms with E-state index in [0.717, 1.165) is 0 Å². The lowest BCUT2D eigenvalue weighted by Gasteiger charge is -2.22. The number of rotatable bonds is 9. The summed E-state index contributed by atoms with van der Waals surface area (Å²) in [5.74, 6) is -2.73. The highest BCUT2D eigenvalue weighted by Gasteiger charge is 2.20. The van der Waals surface area contributed by atoms with E-state index in [0.29, 0.717) is 11.3 Å². The molecule has 2 N–H and O–H groups in total. The molecule has 164 valence electrons. The summed E-state index contributed by atoms with van der Waals surface area (Å²) in [7, 11) is 1.49. The van der Waals surface area contributed by atoms with Gasteiger partial charge in [-0.3, -0.25) is 9.59 Å². The van der Waals surface area contributed by atoms with E-state index in [1.54, 1.807) is 12.1 Å². The lowest BCUT2D eigenvalue weighted by molar-refractivity contribution is -0.308. The number of halogens is 1. The smallest absolute Gasteiger partial charge is 0.268 e. The molecule has 2 aromatic carbocycles. The van der Waals surface area contributed by atoms with Gasteiger partial charge in [0.05, 0.1) is 19.1 Å². The second-order valence-corrected chi connectivity index (χ2v) is 7.27. The number of carboxylic acid groups (broad SMARTS) is 1. The molecule has 2 rings (SSSR count). The van der Waals surface area contributed by atoms with Gasteiger partial charge in [-0.1, -0.05) is 26.0 Å². The van der Waals surface area contributed by atoms with Crippen molar-refractivity contribution in [1.82, 2.24) is 10.6 Å². The number of methoxy groups -OCH3 is 1. The summed E-state index contributed by atoms with van der Waals surface area (Å²) in [6, 6.07) is 10.2. The Morgan fingerprint density at radius 3 is 2.19 bits per heavy atom. The summed E-state index contributed by atoms with van der Waals surface area (Å²) in [6.45, 7) is 3.62. The number of ether oxygens (including phenoxy) is 1. The molecule has 0 radical (unpaired) electrons. The van der Waals surface area contributed by atoms with Crippen LogP contribution in [0.4, 0.5) is 4.39 Å². The number of carbonyl (C=O) groups excluding carboxylic acids is 3. The number of hydrogen-bond acceptors (Lipinski definition) is 5. The lowest BCUT2D eigenvalue weighted by atomic mass is 10.0. The highest BCUT2D eigenvalue weighted by Crippen LogP contribution is 2.13. The monoisotopic (exact) mass is 427 g/mol. The van der Waals surface area contributed by atoms with Crippen molar-refractivity contribution < 1.29 is 28.6 Å². The van der Waals surface area contributed by atoms with Crippen LogP contribution in [-0.4, -0.2) is 30.9 Å². The van der Waals surface area contributed by atoms with E-state index < -0.39 is 29.6 Å². The van der Waals surface area contributed by atoms with Crippen molar-refractivity contribution in [2.75, 3.05) is 7.11 Å². The fraction of sp³-hybridized carbons (Fsp3) is 0.261. The van der Waals surface area contributed by atoms with Crippen LogP contribution in [0.5, 0.6) is 5.75 Å². The third-order valence-corrected chi connectivity index (χ3v) is 4.32. The van der Waals surface area contributed by atoms with E-state index in [9.17, 15) is 23.9 Å². The largest absolute Gasteiger partial charge is 0.548 e. The van der Waals surface area contributed by atoms with Crippen LogP contribution in [0.15, 0.2) is 54.2 Å². The van der Waals surface area contributed by atoms with Gasteiger partial charge in [0, 0.05) is 5.56 Å². The average molecular weight is 427 g/mol. The number of aliphatic carboxylic acids is 1. The minimum atomic E-state index is -1.43. The Labute approximate surface area is 179 Å². The normalized spacial score (nSPS) is 12.2. The molecule has 0 aromatic heterocycles. The number of amides is 2. The topological polar surface area (TPSA) is 108 Å². The molecule has 7 nitrogen and oxygen atoms in total. The number of carboxylic acids is 1. The first-order valence-electron chi connectivity index (χ1n) is 9.64. The predicted octanol–water partition coefficient (Wildman–Crippen LogP) is 1.89. The molecule has 0 bridgehead atoms. The van der Waals surface area contributed by atoms with Crippen LogP contribution < -0.4 is 20.5 Å². The molecule has 31 heavy (non-hydrogen) atoms. The first-order chi connectivity index (χ1) is 14.7. The van der Waals surface area contributed by atoms with Gasteiger partial charge in [0.2, 0.25) is 0 Å². The minimum absolute atomic E-state index is 0.0124. The van der Waals surface area contributed by atoms with E-state index in [4.69, 9.17) is 4.74 Å². The maximum atomic E-state index is 13.2. The lowest BCUT2D eigenvalue weighted by Crippen LogP contribution is -2.50. The van der Waals surface area contributed by atoms with Gasteiger partial charge in [0.25, 0.3) is 11.8 Å². The Kier molecular flexibility index (Phi) is 8.31. The van der Waals surface area contributed by atoms with Gasteiger partial charge in [-0.25, -0.2) is 4.39 Å². The van der Waals surface area contributed by atoms with Gasteiger partial charge in [-0.15, -0.1) is 0 Å². The van der Waals surface area contributed by atoms with Gasteiger partial charge >= 0.3 is 0 Å². The maximum Gasteiger partial charge on any atom is 0.268 e. The second-order valence-electron chi connectivity index (χ2n) is 7.27. The van der Waals surface area contributed by atoms with E-state index in [2.05, 4.69) is 10.6 Å². The van der Waals surface area contributed by atoms with Crippen LogP contribution in [-0.2, 0) is 9.59 Å². The highest BCUT2D eigenvalue weighted by molar-refractivity contribution is 6.06. The Balaban J connectivity index is 2.30. The zero-order valence-electron chi connectivity index (χ0n) is 17.5. The molecule has 0 aliphatic carbocycles. The molecule has 0 saturated carbocycles. The summed E-state index contributed by atoms with van der Waals surface area (Å²) < 4.78 is 18.3. The standard InChI is InChI=1S/C23H25FN2O5/c1-14(2)12-20(23(29)30)26-22(28)19(13-15-4-8-17(24)9-5-15)25-21(27)16-6-10-18(31-3)11-7-16/h4-11,13-14,20H,12H2,1-3H3,(H,25,27)(H,26,28)(H,29,30)/p-1/b19-13-/t20-/m1/s1. The van der Waals surface area contributed by atoms with E-state index in [-0.39, 0.29) is 23.6 Å². The van der Waals surface area contributed by atoms with Gasteiger partial charge < -0.3 is 25.3 Å². The fourth-order valence-electron chi connectivity index (χ4n) is 2.74. The second kappa shape index (κ2) is 10.9. The Hall–Kier alpha value is -3.68. The molecule has 2 amide bonds. The van der Waals surface area contributed by atoms with Crippen molar-refractivity contribution in [2.24, 2.45) is 5.92 Å². The molecule has 0 aliphatic heterocycles. The molecule has 0 fully saturated rings. The van der Waals surface area contributed by atoms with Crippen LogP contribution in [0.25, 0.3) is 6.08 Å². The van der Waals surface area contributed by atoms with Crippen LogP contribution in [0.1, 0.15) is 36.2 Å². The molecule has 8 heteroatoms. The van der Waals surface area contributed by atoms with Crippen LogP contribution in [0.3, 0.4) is 0 Å². The van der Waals surface area contributed by atoms with Crippen molar-refractivity contribution >= 4 is 23.9 Å². The number of hydrogen-bond donors (Lipinski definition) is 2. The van der Waals surface area contributed by atoms with Crippen LogP contribution in [0, 0.1) is 11.7 Å². The number of benzene rings is 2. The summed E-state index contributed by atoms with van der Waals surface area (Å²) >= 11 is 0. The average Bonchev–Trinajstić information content (AvgIpc) is 2.73. The molecular weight excluding hydrogens is 403 g/mol. The third kappa shape index (κ3) is 7.26. The SMILES string of the molecule is COc1ccc(C(=O)N/C(=C\c2ccc(F)cc2)C(=O)N[C@H](CC(C)C)C(=O)[O-])cc1. The van der Waals surface area contributed by atoms with Crippen molar-refractivity contribution in [3.63, 3.8) is 0 Å². The van der Waals surface area contributed by atoms with Crippen molar-refractivity contribution in [3.05, 3.63) is 71.2 Å². The third-order valence-electron chi connectivity index (χ3n) is 4.32. The van der Waals surface area contributed by atoms with Gasteiger partial charge in [-0.05, 0) is 60.4 Å². The van der Waals surface area contributed by atoms with Gasteiger partial charge in [0.15, 0.2) is 0 Å². The summed E-state index contributed by atoms with van der Waals surface area (Å²) in [4.78, 5) is 36.8. The van der Waals surface area contributed by atoms with E-state index in [1.165, 1.54) is 49.6 Å². The van der Waals surface area contributed by atoms with Crippen LogP contribution in [0.2, 0.25) is 0 Å². The first kappa shape index (κ1) is 23.6. The molecular formula is C23H24FN2O5-. The molecule has 0 aliphatic rings. The molecule has 2 aromatic rings. The van der Waals surface area contributed by atoms with Gasteiger partial charge in [-0.2, -0.15) is 0 Å². The molecule has 0 heterocycles. The number of nitrogens with one attached hydrogen (secondary N) is 2. The van der Waals surface area contributed by atoms with Crippen LogP contribution >= 0.6 is 0 Å². The zero-order chi connectivity index (χ0) is 23.0. The van der Waals surface area contributed by atoms with Crippen molar-refractivity contribution in [1.29, 1.82) is 0 Å². The summed E-state index contributed by atoms with van der Waals surface area (Å²) in [5.41, 5.74) is 0.509. The number of carbonyl (C=O) groups is 3. The van der Waals surface area contributed by atoms with Crippen molar-refractivity contribution in [2.45, 2.75) is 26.3 Å². The van der Waals surface area contributed by atoms with Crippen molar-refractivity contribution in [3.8, 4) is 5.75 Å². The van der Waals surface area contributed by atoms with E-state index >= 15 is 0 Å². The molecule has 0 spiro atoms. The highest BCUT2D eigenvalue weighted by atomic mass is 19.1. The quantitative estimate of drug-likeness (QED) is 0.594. The molecule has 1 atom stereocenters. The first-order valence-corrected chi connectivity index (χ1v) is 9.64.